The quantitative estimate of drug-likeness (QED) is 0.661. The van der Waals surface area contributed by atoms with Crippen LogP contribution in [0, 0.1) is 21.3 Å². The molecule has 104 valence electrons. The fourth-order valence-electron chi connectivity index (χ4n) is 1.55. The molecule has 0 amide bonds. The first-order valence-electron chi connectivity index (χ1n) is 5.67. The zero-order valence-corrected chi connectivity index (χ0v) is 11.0. The zero-order chi connectivity index (χ0) is 14.3. The summed E-state index contributed by atoms with van der Waals surface area (Å²) in [5, 5.41) is 10.4. The smallest absolute Gasteiger partial charge is 0.258 e. The van der Waals surface area contributed by atoms with Crippen molar-refractivity contribution in [1.29, 1.82) is 0 Å². The van der Waals surface area contributed by atoms with Gasteiger partial charge < -0.3 is 0 Å². The molecule has 2 rings (SSSR count). The first kappa shape index (κ1) is 13.9. The van der Waals surface area contributed by atoms with Crippen molar-refractivity contribution < 1.29 is 17.7 Å². The number of nitro groups is 1. The molecule has 6 nitrogen and oxygen atoms in total. The molecular formula is C11H13FN2O4S. The van der Waals surface area contributed by atoms with Crippen molar-refractivity contribution in [2.75, 3.05) is 6.54 Å². The van der Waals surface area contributed by atoms with E-state index in [0.29, 0.717) is 6.07 Å². The Balaban J connectivity index is 2.20. The van der Waals surface area contributed by atoms with Gasteiger partial charge in [0.25, 0.3) is 0 Å². The number of hydrogen-bond acceptors (Lipinski definition) is 4. The van der Waals surface area contributed by atoms with Crippen LogP contribution < -0.4 is 4.72 Å². The minimum Gasteiger partial charge on any atom is -0.258 e. The summed E-state index contributed by atoms with van der Waals surface area (Å²) in [6, 6.07) is 2.54. The second-order valence-electron chi connectivity index (χ2n) is 5.01. The fraction of sp³-hybridized carbons (Fsp3) is 0.455. The Morgan fingerprint density at radius 2 is 2.11 bits per heavy atom. The molecule has 0 aromatic heterocycles. The van der Waals surface area contributed by atoms with Crippen LogP contribution in [-0.2, 0) is 10.0 Å². The lowest BCUT2D eigenvalue weighted by Crippen LogP contribution is -2.29. The molecule has 1 fully saturated rings. The van der Waals surface area contributed by atoms with Crippen molar-refractivity contribution in [3.63, 3.8) is 0 Å². The van der Waals surface area contributed by atoms with Gasteiger partial charge in [0.05, 0.1) is 9.82 Å². The molecule has 19 heavy (non-hydrogen) atoms. The normalized spacial score (nSPS) is 17.2. The van der Waals surface area contributed by atoms with Crippen molar-refractivity contribution >= 4 is 15.7 Å². The standard InChI is InChI=1S/C11H13FN2O4S/c1-11(4-5-11)7-13-19(17,18)8-2-3-10(14(15)16)9(12)6-8/h2-3,6,13H,4-5,7H2,1H3. The molecule has 1 saturated carbocycles. The number of nitrogens with zero attached hydrogens (tertiary/aromatic N) is 1. The monoisotopic (exact) mass is 288 g/mol. The van der Waals surface area contributed by atoms with Gasteiger partial charge >= 0.3 is 5.69 Å². The molecule has 0 atom stereocenters. The van der Waals surface area contributed by atoms with Gasteiger partial charge in [0.1, 0.15) is 0 Å². The summed E-state index contributed by atoms with van der Waals surface area (Å²) in [5.74, 6) is -1.16. The highest BCUT2D eigenvalue weighted by Gasteiger charge is 2.38. The van der Waals surface area contributed by atoms with Gasteiger partial charge in [-0.2, -0.15) is 4.39 Å². The lowest BCUT2D eigenvalue weighted by Gasteiger charge is -2.10. The lowest BCUT2D eigenvalue weighted by atomic mass is 10.2. The van der Waals surface area contributed by atoms with Crippen molar-refractivity contribution in [1.82, 2.24) is 4.72 Å². The van der Waals surface area contributed by atoms with E-state index >= 15 is 0 Å². The molecule has 1 aliphatic carbocycles. The Labute approximate surface area is 109 Å². The number of rotatable bonds is 5. The highest BCUT2D eigenvalue weighted by molar-refractivity contribution is 7.89. The van der Waals surface area contributed by atoms with Crippen LogP contribution >= 0.6 is 0 Å². The predicted molar refractivity (Wildman–Crippen MR) is 65.6 cm³/mol. The van der Waals surface area contributed by atoms with Crippen LogP contribution in [0.3, 0.4) is 0 Å². The molecule has 1 aliphatic rings. The minimum atomic E-state index is -3.83. The third-order valence-electron chi connectivity index (χ3n) is 3.22. The maximum atomic E-state index is 13.4. The van der Waals surface area contributed by atoms with Crippen molar-refractivity contribution in [2.45, 2.75) is 24.7 Å². The van der Waals surface area contributed by atoms with Gasteiger partial charge in [-0.05, 0) is 24.3 Å². The van der Waals surface area contributed by atoms with E-state index in [-0.39, 0.29) is 16.9 Å². The topological polar surface area (TPSA) is 89.3 Å². The molecule has 0 radical (unpaired) electrons. The molecule has 0 saturated heterocycles. The molecule has 0 aliphatic heterocycles. The number of benzene rings is 1. The summed E-state index contributed by atoms with van der Waals surface area (Å²) in [6.45, 7) is 2.24. The van der Waals surface area contributed by atoms with E-state index in [9.17, 15) is 22.9 Å². The Bertz CT molecular complexity index is 626. The van der Waals surface area contributed by atoms with E-state index in [1.807, 2.05) is 6.92 Å². The third kappa shape index (κ3) is 3.07. The maximum Gasteiger partial charge on any atom is 0.304 e. The average molecular weight is 288 g/mol. The minimum absolute atomic E-state index is 0.0214. The van der Waals surface area contributed by atoms with Crippen LogP contribution in [0.5, 0.6) is 0 Å². The Morgan fingerprint density at radius 3 is 2.58 bits per heavy atom. The van der Waals surface area contributed by atoms with E-state index in [4.69, 9.17) is 0 Å². The highest BCUT2D eigenvalue weighted by Crippen LogP contribution is 2.44. The van der Waals surface area contributed by atoms with Crippen LogP contribution in [0.25, 0.3) is 0 Å². The molecule has 0 heterocycles. The van der Waals surface area contributed by atoms with Crippen molar-refractivity contribution in [3.8, 4) is 0 Å². The summed E-state index contributed by atoms with van der Waals surface area (Å²) in [6.07, 6.45) is 1.90. The Morgan fingerprint density at radius 1 is 1.47 bits per heavy atom. The van der Waals surface area contributed by atoms with Crippen LogP contribution in [0.2, 0.25) is 0 Å². The van der Waals surface area contributed by atoms with Crippen LogP contribution in [0.1, 0.15) is 19.8 Å². The van der Waals surface area contributed by atoms with Crippen LogP contribution in [-0.4, -0.2) is 19.9 Å². The van der Waals surface area contributed by atoms with Crippen LogP contribution in [0.4, 0.5) is 10.1 Å². The molecule has 0 unspecified atom stereocenters. The Hall–Kier alpha value is -1.54. The second kappa shape index (κ2) is 4.53. The van der Waals surface area contributed by atoms with Crippen molar-refractivity contribution in [2.24, 2.45) is 5.41 Å². The van der Waals surface area contributed by atoms with Gasteiger partial charge in [0.2, 0.25) is 15.8 Å². The molecule has 1 N–H and O–H groups in total. The number of nitrogens with one attached hydrogen (secondary N) is 1. The number of halogens is 1. The summed E-state index contributed by atoms with van der Waals surface area (Å²) >= 11 is 0. The maximum absolute atomic E-state index is 13.4. The lowest BCUT2D eigenvalue weighted by molar-refractivity contribution is -0.387. The first-order chi connectivity index (χ1) is 8.73. The van der Waals surface area contributed by atoms with Crippen molar-refractivity contribution in [3.05, 3.63) is 34.1 Å². The summed E-state index contributed by atoms with van der Waals surface area (Å²) in [4.78, 5) is 9.24. The highest BCUT2D eigenvalue weighted by atomic mass is 32.2. The number of sulfonamides is 1. The van der Waals surface area contributed by atoms with E-state index in [1.165, 1.54) is 0 Å². The van der Waals surface area contributed by atoms with E-state index in [0.717, 1.165) is 25.0 Å². The van der Waals surface area contributed by atoms with Crippen LogP contribution in [0.15, 0.2) is 23.1 Å². The summed E-state index contributed by atoms with van der Waals surface area (Å²) in [5.41, 5.74) is -0.764. The molecule has 0 bridgehead atoms. The number of nitro benzene ring substituents is 1. The number of hydrogen-bond donors (Lipinski definition) is 1. The third-order valence-corrected chi connectivity index (χ3v) is 4.62. The molecule has 8 heteroatoms. The average Bonchev–Trinajstić information content (AvgIpc) is 3.05. The largest absolute Gasteiger partial charge is 0.304 e. The van der Waals surface area contributed by atoms with Gasteiger partial charge in [-0.15, -0.1) is 0 Å². The molecule has 1 aromatic carbocycles. The predicted octanol–water partition coefficient (Wildman–Crippen LogP) is 1.81. The molecule has 1 aromatic rings. The van der Waals surface area contributed by atoms with Gasteiger partial charge in [0, 0.05) is 18.7 Å². The second-order valence-corrected chi connectivity index (χ2v) is 6.77. The summed E-state index contributed by atoms with van der Waals surface area (Å²) in [7, 11) is -3.83. The SMILES string of the molecule is CC1(CNS(=O)(=O)c2ccc([N+](=O)[O-])c(F)c2)CC1. The van der Waals surface area contributed by atoms with E-state index < -0.39 is 26.5 Å². The van der Waals surface area contributed by atoms with Gasteiger partial charge in [-0.3, -0.25) is 10.1 Å². The van der Waals surface area contributed by atoms with E-state index in [2.05, 4.69) is 4.72 Å². The Kier molecular flexibility index (Phi) is 3.31. The summed E-state index contributed by atoms with van der Waals surface area (Å²) < 4.78 is 39.6. The molecule has 0 spiro atoms. The first-order valence-corrected chi connectivity index (χ1v) is 7.15. The van der Waals surface area contributed by atoms with Gasteiger partial charge in [-0.1, -0.05) is 6.92 Å². The van der Waals surface area contributed by atoms with Gasteiger partial charge in [-0.25, -0.2) is 13.1 Å². The van der Waals surface area contributed by atoms with Gasteiger partial charge in [0.15, 0.2) is 0 Å². The fourth-order valence-corrected chi connectivity index (χ4v) is 2.76. The van der Waals surface area contributed by atoms with E-state index in [1.54, 1.807) is 0 Å². The zero-order valence-electron chi connectivity index (χ0n) is 10.2. The molecular weight excluding hydrogens is 275 g/mol.